The van der Waals surface area contributed by atoms with Crippen LogP contribution in [0.25, 0.3) is 10.9 Å². The van der Waals surface area contributed by atoms with Gasteiger partial charge in [0, 0.05) is 17.1 Å². The van der Waals surface area contributed by atoms with Crippen LogP contribution >= 0.6 is 0 Å². The average molecular weight is 419 g/mol. The number of rotatable bonds is 12. The van der Waals surface area contributed by atoms with Gasteiger partial charge in [-0.3, -0.25) is 9.59 Å². The third-order valence-electron chi connectivity index (χ3n) is 4.83. The molecule has 3 atom stereocenters. The predicted molar refractivity (Wildman–Crippen MR) is 111 cm³/mol. The van der Waals surface area contributed by atoms with Gasteiger partial charge in [0.2, 0.25) is 11.8 Å². The summed E-state index contributed by atoms with van der Waals surface area (Å²) in [6.07, 6.45) is 3.35. The minimum Gasteiger partial charge on any atom is -0.480 e. The lowest BCUT2D eigenvalue weighted by atomic mass is 10.0. The molecule has 0 fully saturated rings. The predicted octanol–water partition coefficient (Wildman–Crippen LogP) is -0.787. The molecular formula is C20H29N5O5. The number of H-pyrrole nitrogens is 1. The Labute approximate surface area is 174 Å². The first-order chi connectivity index (χ1) is 14.4. The van der Waals surface area contributed by atoms with E-state index in [1.54, 1.807) is 6.20 Å². The lowest BCUT2D eigenvalue weighted by Crippen LogP contribution is -2.56. The van der Waals surface area contributed by atoms with Gasteiger partial charge in [-0.05, 0) is 43.9 Å². The normalized spacial score (nSPS) is 14.1. The van der Waals surface area contributed by atoms with E-state index in [0.717, 1.165) is 16.5 Å². The Balaban J connectivity index is 1.95. The molecule has 9 N–H and O–H groups in total. The number of para-hydroxylation sites is 1. The summed E-state index contributed by atoms with van der Waals surface area (Å²) in [6.45, 7) is -0.267. The Hall–Kier alpha value is -2.95. The van der Waals surface area contributed by atoms with E-state index in [-0.39, 0.29) is 12.8 Å². The number of aliphatic hydroxyl groups is 1. The molecule has 0 aliphatic rings. The van der Waals surface area contributed by atoms with E-state index in [1.165, 1.54) is 0 Å². The molecule has 0 aliphatic heterocycles. The van der Waals surface area contributed by atoms with Gasteiger partial charge in [0.25, 0.3) is 0 Å². The number of aliphatic hydroxyl groups excluding tert-OH is 1. The van der Waals surface area contributed by atoms with Crippen LogP contribution in [0.1, 0.15) is 24.8 Å². The number of carbonyl (C=O) groups is 3. The van der Waals surface area contributed by atoms with Gasteiger partial charge in [0.1, 0.15) is 12.1 Å². The topological polar surface area (TPSA) is 184 Å². The molecule has 2 aromatic rings. The quantitative estimate of drug-likeness (QED) is 0.220. The van der Waals surface area contributed by atoms with Crippen molar-refractivity contribution in [2.45, 2.75) is 43.8 Å². The molecule has 10 heteroatoms. The molecule has 164 valence electrons. The highest BCUT2D eigenvalue weighted by molar-refractivity contribution is 5.92. The van der Waals surface area contributed by atoms with Crippen LogP contribution in [-0.4, -0.2) is 64.3 Å². The highest BCUT2D eigenvalue weighted by Crippen LogP contribution is 2.18. The van der Waals surface area contributed by atoms with Crippen molar-refractivity contribution >= 4 is 28.7 Å². The van der Waals surface area contributed by atoms with E-state index < -0.39 is 42.5 Å². The second kappa shape index (κ2) is 11.3. The number of amides is 2. The number of carboxylic acid groups (broad SMARTS) is 1. The van der Waals surface area contributed by atoms with Crippen molar-refractivity contribution in [3.8, 4) is 0 Å². The Morgan fingerprint density at radius 1 is 1.07 bits per heavy atom. The SMILES string of the molecule is NCCCCC(NC(=O)C(CO)NC(=O)C(N)Cc1c[nH]c2ccccc12)C(=O)O. The summed E-state index contributed by atoms with van der Waals surface area (Å²) >= 11 is 0. The van der Waals surface area contributed by atoms with Crippen molar-refractivity contribution in [3.05, 3.63) is 36.0 Å². The fourth-order valence-corrected chi connectivity index (χ4v) is 3.13. The minimum atomic E-state index is -1.30. The molecule has 0 saturated carbocycles. The molecule has 2 amide bonds. The average Bonchev–Trinajstić information content (AvgIpc) is 3.13. The van der Waals surface area contributed by atoms with E-state index >= 15 is 0 Å². The molecule has 0 bridgehead atoms. The fourth-order valence-electron chi connectivity index (χ4n) is 3.13. The highest BCUT2D eigenvalue weighted by Gasteiger charge is 2.27. The number of hydrogen-bond donors (Lipinski definition) is 7. The molecule has 0 aliphatic carbocycles. The third-order valence-corrected chi connectivity index (χ3v) is 4.83. The summed E-state index contributed by atoms with van der Waals surface area (Å²) in [5.74, 6) is -2.60. The molecular weight excluding hydrogens is 390 g/mol. The lowest BCUT2D eigenvalue weighted by molar-refractivity contribution is -0.142. The van der Waals surface area contributed by atoms with Crippen molar-refractivity contribution in [1.82, 2.24) is 15.6 Å². The number of nitrogens with one attached hydrogen (secondary N) is 3. The molecule has 0 saturated heterocycles. The summed E-state index contributed by atoms with van der Waals surface area (Å²) in [5, 5.41) is 24.4. The summed E-state index contributed by atoms with van der Waals surface area (Å²) in [5.41, 5.74) is 13.2. The van der Waals surface area contributed by atoms with Crippen molar-refractivity contribution in [2.24, 2.45) is 11.5 Å². The molecule has 10 nitrogen and oxygen atoms in total. The molecule has 30 heavy (non-hydrogen) atoms. The van der Waals surface area contributed by atoms with E-state index in [2.05, 4.69) is 15.6 Å². The van der Waals surface area contributed by atoms with E-state index in [1.807, 2.05) is 24.3 Å². The Morgan fingerprint density at radius 3 is 2.43 bits per heavy atom. The molecule has 1 aromatic carbocycles. The number of carbonyl (C=O) groups excluding carboxylic acids is 2. The smallest absolute Gasteiger partial charge is 0.326 e. The molecule has 1 aromatic heterocycles. The maximum atomic E-state index is 12.4. The number of benzene rings is 1. The third kappa shape index (κ3) is 6.28. The van der Waals surface area contributed by atoms with Crippen LogP contribution in [0, 0.1) is 0 Å². The number of carboxylic acids is 1. The first-order valence-electron chi connectivity index (χ1n) is 9.82. The Morgan fingerprint density at radius 2 is 1.77 bits per heavy atom. The van der Waals surface area contributed by atoms with Gasteiger partial charge in [-0.2, -0.15) is 0 Å². The first kappa shape index (κ1) is 23.3. The maximum absolute atomic E-state index is 12.4. The summed E-state index contributed by atoms with van der Waals surface area (Å²) < 4.78 is 0. The van der Waals surface area contributed by atoms with Gasteiger partial charge in [-0.1, -0.05) is 18.2 Å². The van der Waals surface area contributed by atoms with Crippen LogP contribution in [0.5, 0.6) is 0 Å². The maximum Gasteiger partial charge on any atom is 0.326 e. The second-order valence-electron chi connectivity index (χ2n) is 7.10. The molecule has 2 rings (SSSR count). The number of hydrogen-bond acceptors (Lipinski definition) is 6. The molecule has 1 heterocycles. The van der Waals surface area contributed by atoms with Crippen molar-refractivity contribution in [3.63, 3.8) is 0 Å². The number of aromatic nitrogens is 1. The first-order valence-corrected chi connectivity index (χ1v) is 9.82. The van der Waals surface area contributed by atoms with Gasteiger partial charge in [-0.15, -0.1) is 0 Å². The largest absolute Gasteiger partial charge is 0.480 e. The van der Waals surface area contributed by atoms with Crippen molar-refractivity contribution < 1.29 is 24.6 Å². The summed E-state index contributed by atoms with van der Waals surface area (Å²) in [7, 11) is 0. The highest BCUT2D eigenvalue weighted by atomic mass is 16.4. The van der Waals surface area contributed by atoms with Gasteiger partial charge >= 0.3 is 5.97 Å². The zero-order valence-electron chi connectivity index (χ0n) is 16.6. The van der Waals surface area contributed by atoms with Crippen LogP contribution in [0.3, 0.4) is 0 Å². The number of unbranched alkanes of at least 4 members (excludes halogenated alkanes) is 1. The summed E-state index contributed by atoms with van der Waals surface area (Å²) in [6, 6.07) is 4.20. The Bertz CT molecular complexity index is 868. The monoisotopic (exact) mass is 419 g/mol. The number of fused-ring (bicyclic) bond motifs is 1. The van der Waals surface area contributed by atoms with E-state index in [4.69, 9.17) is 11.5 Å². The Kier molecular flexibility index (Phi) is 8.78. The number of nitrogens with two attached hydrogens (primary N) is 2. The van der Waals surface area contributed by atoms with Gasteiger partial charge in [0.15, 0.2) is 0 Å². The van der Waals surface area contributed by atoms with Gasteiger partial charge < -0.3 is 37.3 Å². The van der Waals surface area contributed by atoms with Crippen molar-refractivity contribution in [2.75, 3.05) is 13.2 Å². The fraction of sp³-hybridized carbons (Fsp3) is 0.450. The molecule has 3 unspecified atom stereocenters. The molecule has 0 radical (unpaired) electrons. The van der Waals surface area contributed by atoms with Crippen molar-refractivity contribution in [1.29, 1.82) is 0 Å². The minimum absolute atomic E-state index is 0.199. The second-order valence-corrected chi connectivity index (χ2v) is 7.10. The van der Waals surface area contributed by atoms with Gasteiger partial charge in [0.05, 0.1) is 12.6 Å². The van der Waals surface area contributed by atoms with E-state index in [9.17, 15) is 24.6 Å². The van der Waals surface area contributed by atoms with Crippen LogP contribution in [0.4, 0.5) is 0 Å². The zero-order chi connectivity index (χ0) is 22.1. The summed E-state index contributed by atoms with van der Waals surface area (Å²) in [4.78, 5) is 39.2. The van der Waals surface area contributed by atoms with Gasteiger partial charge in [-0.25, -0.2) is 4.79 Å². The number of aromatic amines is 1. The number of aliphatic carboxylic acids is 1. The van der Waals surface area contributed by atoms with Crippen LogP contribution in [0.2, 0.25) is 0 Å². The standard InChI is InChI=1S/C20H29N5O5/c21-8-4-3-7-16(20(29)30)24-19(28)17(11-26)25-18(27)14(22)9-12-10-23-15-6-2-1-5-13(12)15/h1-2,5-6,10,14,16-17,23,26H,3-4,7-9,11,21-22H2,(H,24,28)(H,25,27)(H,29,30). The lowest BCUT2D eigenvalue weighted by Gasteiger charge is -2.21. The van der Waals surface area contributed by atoms with Crippen LogP contribution in [0.15, 0.2) is 30.5 Å². The van der Waals surface area contributed by atoms with Crippen LogP contribution < -0.4 is 22.1 Å². The molecule has 0 spiro atoms. The van der Waals surface area contributed by atoms with Crippen LogP contribution in [-0.2, 0) is 20.8 Å². The van der Waals surface area contributed by atoms with E-state index in [0.29, 0.717) is 19.4 Å². The zero-order valence-corrected chi connectivity index (χ0v) is 16.6.